The predicted molar refractivity (Wildman–Crippen MR) is 164 cm³/mol. The summed E-state index contributed by atoms with van der Waals surface area (Å²) in [6.07, 6.45) is 15.8. The average molecular weight is 600 g/mol. The molecule has 2 N–H and O–H groups in total. The van der Waals surface area contributed by atoms with Crippen molar-refractivity contribution in [3.8, 4) is 0 Å². The van der Waals surface area contributed by atoms with Gasteiger partial charge in [0.05, 0.1) is 30.0 Å². The van der Waals surface area contributed by atoms with Crippen molar-refractivity contribution < 1.29 is 33.4 Å². The molecule has 0 aliphatic carbocycles. The van der Waals surface area contributed by atoms with E-state index < -0.39 is 29.7 Å². The number of nitrogens with one attached hydrogen (secondary N) is 2. The van der Waals surface area contributed by atoms with Gasteiger partial charge >= 0.3 is 0 Å². The summed E-state index contributed by atoms with van der Waals surface area (Å²) >= 11 is 0. The number of carbonyl (C=O) groups excluding carboxylic acids is 5. The first kappa shape index (κ1) is 34.4. The number of carbonyl (C=O) groups is 5. The lowest BCUT2D eigenvalue weighted by Gasteiger charge is -2.27. The Morgan fingerprint density at radius 2 is 1.42 bits per heavy atom. The van der Waals surface area contributed by atoms with Crippen molar-refractivity contribution in [3.05, 3.63) is 29.3 Å². The molecule has 238 valence electrons. The van der Waals surface area contributed by atoms with Crippen molar-refractivity contribution in [1.82, 2.24) is 10.2 Å². The van der Waals surface area contributed by atoms with E-state index >= 15 is 0 Å². The third-order valence-corrected chi connectivity index (χ3v) is 7.95. The van der Waals surface area contributed by atoms with Gasteiger partial charge in [0.2, 0.25) is 17.7 Å². The van der Waals surface area contributed by atoms with Crippen molar-refractivity contribution in [1.29, 1.82) is 0 Å². The molecule has 2 heterocycles. The number of benzene rings is 1. The zero-order valence-corrected chi connectivity index (χ0v) is 25.8. The highest BCUT2D eigenvalue weighted by atomic mass is 16.5. The van der Waals surface area contributed by atoms with Crippen molar-refractivity contribution in [2.24, 2.45) is 0 Å². The number of nitrogens with zero attached hydrogens (tertiary/aromatic N) is 1. The lowest BCUT2D eigenvalue weighted by atomic mass is 10.0. The molecule has 5 amide bonds. The van der Waals surface area contributed by atoms with E-state index in [9.17, 15) is 24.0 Å². The van der Waals surface area contributed by atoms with Crippen LogP contribution in [-0.2, 0) is 23.9 Å². The topological polar surface area (TPSA) is 131 Å². The molecule has 1 saturated heterocycles. The number of ether oxygens (including phenoxy) is 2. The molecule has 0 radical (unpaired) electrons. The standard InChI is InChI=1S/C33H49N3O7/c1-2-3-4-5-6-7-8-9-10-13-21-42-23-24-43-22-14-11-12-18-28(37)34-26-17-15-16-25-30(26)33(41)36(32(25)40)27-19-20-29(38)35-31(27)39/h15-17,27H,2-14,18-24H2,1H3,(H,34,37)(H,35,38,39). The van der Waals surface area contributed by atoms with Gasteiger partial charge in [0.15, 0.2) is 0 Å². The Kier molecular flexibility index (Phi) is 15.4. The maximum atomic E-state index is 13.1. The molecule has 1 atom stereocenters. The second-order valence-electron chi connectivity index (χ2n) is 11.4. The van der Waals surface area contributed by atoms with Gasteiger partial charge in [0, 0.05) is 26.1 Å². The van der Waals surface area contributed by atoms with E-state index in [4.69, 9.17) is 9.47 Å². The molecule has 0 aromatic heterocycles. The van der Waals surface area contributed by atoms with E-state index in [2.05, 4.69) is 17.6 Å². The van der Waals surface area contributed by atoms with Crippen LogP contribution in [0.5, 0.6) is 0 Å². The molecular weight excluding hydrogens is 550 g/mol. The first-order valence-corrected chi connectivity index (χ1v) is 16.2. The largest absolute Gasteiger partial charge is 0.379 e. The highest BCUT2D eigenvalue weighted by Crippen LogP contribution is 2.32. The number of piperidine rings is 1. The van der Waals surface area contributed by atoms with Crippen molar-refractivity contribution in [2.75, 3.05) is 31.7 Å². The Balaban J connectivity index is 1.22. The molecule has 43 heavy (non-hydrogen) atoms. The van der Waals surface area contributed by atoms with Crippen LogP contribution in [0, 0.1) is 0 Å². The van der Waals surface area contributed by atoms with Crippen LogP contribution in [0.25, 0.3) is 0 Å². The normalized spacial score (nSPS) is 16.5. The van der Waals surface area contributed by atoms with Crippen molar-refractivity contribution >= 4 is 35.2 Å². The minimum atomic E-state index is -1.05. The van der Waals surface area contributed by atoms with Crippen molar-refractivity contribution in [3.63, 3.8) is 0 Å². The molecule has 2 aliphatic rings. The van der Waals surface area contributed by atoms with Gasteiger partial charge in [-0.25, -0.2) is 0 Å². The lowest BCUT2D eigenvalue weighted by molar-refractivity contribution is -0.136. The highest BCUT2D eigenvalue weighted by Gasteiger charge is 2.45. The predicted octanol–water partition coefficient (Wildman–Crippen LogP) is 5.54. The average Bonchev–Trinajstić information content (AvgIpc) is 3.24. The zero-order chi connectivity index (χ0) is 30.9. The van der Waals surface area contributed by atoms with E-state index in [0.29, 0.717) is 26.2 Å². The van der Waals surface area contributed by atoms with Gasteiger partial charge in [-0.05, 0) is 37.8 Å². The second kappa shape index (κ2) is 19.2. The molecule has 1 aromatic carbocycles. The quantitative estimate of drug-likeness (QED) is 0.132. The number of hydrogen-bond donors (Lipinski definition) is 2. The molecule has 3 rings (SSSR count). The van der Waals surface area contributed by atoms with Crippen LogP contribution in [0.1, 0.15) is 130 Å². The summed E-state index contributed by atoms with van der Waals surface area (Å²) in [5, 5.41) is 4.93. The monoisotopic (exact) mass is 599 g/mol. The third-order valence-electron chi connectivity index (χ3n) is 7.95. The summed E-state index contributed by atoms with van der Waals surface area (Å²) in [6, 6.07) is 3.61. The van der Waals surface area contributed by atoms with E-state index in [0.717, 1.165) is 30.8 Å². The van der Waals surface area contributed by atoms with Crippen LogP contribution in [0.4, 0.5) is 5.69 Å². The number of anilines is 1. The number of rotatable bonds is 22. The van der Waals surface area contributed by atoms with Gasteiger partial charge in [0.25, 0.3) is 11.8 Å². The molecule has 10 nitrogen and oxygen atoms in total. The first-order valence-electron chi connectivity index (χ1n) is 16.2. The lowest BCUT2D eigenvalue weighted by Crippen LogP contribution is -2.54. The summed E-state index contributed by atoms with van der Waals surface area (Å²) < 4.78 is 11.3. The Bertz CT molecular complexity index is 1090. The molecular formula is C33H49N3O7. The maximum absolute atomic E-state index is 13.1. The van der Waals surface area contributed by atoms with Gasteiger partial charge in [-0.2, -0.15) is 0 Å². The first-order chi connectivity index (χ1) is 20.9. The SMILES string of the molecule is CCCCCCCCCCCCOCCOCCCCCC(=O)Nc1cccc2c1C(=O)N(C1CCC(=O)NC1=O)C2=O. The van der Waals surface area contributed by atoms with Crippen LogP contribution in [0.3, 0.4) is 0 Å². The number of hydrogen-bond acceptors (Lipinski definition) is 7. The Labute approximate surface area is 255 Å². The van der Waals surface area contributed by atoms with Gasteiger partial charge in [-0.3, -0.25) is 34.2 Å². The summed E-state index contributed by atoms with van der Waals surface area (Å²) in [4.78, 5) is 63.3. The fourth-order valence-electron chi connectivity index (χ4n) is 5.51. The Morgan fingerprint density at radius 1 is 0.814 bits per heavy atom. The summed E-state index contributed by atoms with van der Waals surface area (Å²) in [6.45, 7) is 4.82. The van der Waals surface area contributed by atoms with Crippen molar-refractivity contribution in [2.45, 2.75) is 116 Å². The Morgan fingerprint density at radius 3 is 2.05 bits per heavy atom. The minimum Gasteiger partial charge on any atom is -0.379 e. The fraction of sp³-hybridized carbons (Fsp3) is 0.667. The van der Waals surface area contributed by atoms with Gasteiger partial charge in [0.1, 0.15) is 6.04 Å². The van der Waals surface area contributed by atoms with Gasteiger partial charge in [-0.15, -0.1) is 0 Å². The molecule has 0 bridgehead atoms. The Hall–Kier alpha value is -3.11. The van der Waals surface area contributed by atoms with Gasteiger partial charge < -0.3 is 14.8 Å². The van der Waals surface area contributed by atoms with Crippen LogP contribution in [0.2, 0.25) is 0 Å². The second-order valence-corrected chi connectivity index (χ2v) is 11.4. The van der Waals surface area contributed by atoms with Crippen LogP contribution in [-0.4, -0.2) is 66.9 Å². The van der Waals surface area contributed by atoms with E-state index in [1.54, 1.807) is 12.1 Å². The number of unbranched alkanes of at least 4 members (excludes halogenated alkanes) is 11. The maximum Gasteiger partial charge on any atom is 0.264 e. The summed E-state index contributed by atoms with van der Waals surface area (Å²) in [7, 11) is 0. The van der Waals surface area contributed by atoms with E-state index in [1.807, 2.05) is 0 Å². The van der Waals surface area contributed by atoms with Crippen LogP contribution < -0.4 is 10.6 Å². The van der Waals surface area contributed by atoms with E-state index in [-0.39, 0.29) is 42.0 Å². The minimum absolute atomic E-state index is 0.0473. The summed E-state index contributed by atoms with van der Waals surface area (Å²) in [5.41, 5.74) is 0.461. The number of amides is 5. The fourth-order valence-corrected chi connectivity index (χ4v) is 5.51. The third kappa shape index (κ3) is 11.2. The molecule has 10 heteroatoms. The molecule has 0 saturated carbocycles. The molecule has 1 unspecified atom stereocenters. The highest BCUT2D eigenvalue weighted by molar-refractivity contribution is 6.26. The number of fused-ring (bicyclic) bond motifs is 1. The summed E-state index contributed by atoms with van der Waals surface area (Å²) in [5.74, 6) is -2.60. The van der Waals surface area contributed by atoms with Crippen LogP contribution >= 0.6 is 0 Å². The molecule has 1 fully saturated rings. The molecule has 1 aromatic rings. The van der Waals surface area contributed by atoms with Gasteiger partial charge in [-0.1, -0.05) is 77.2 Å². The van der Waals surface area contributed by atoms with Crippen LogP contribution in [0.15, 0.2) is 18.2 Å². The zero-order valence-electron chi connectivity index (χ0n) is 25.8. The molecule has 0 spiro atoms. The smallest absolute Gasteiger partial charge is 0.264 e. The number of imide groups is 2. The molecule has 2 aliphatic heterocycles. The van der Waals surface area contributed by atoms with E-state index in [1.165, 1.54) is 63.9 Å².